The zero-order valence-electron chi connectivity index (χ0n) is 5.88. The van der Waals surface area contributed by atoms with E-state index in [0.29, 0.717) is 13.0 Å². The van der Waals surface area contributed by atoms with E-state index in [9.17, 15) is 0 Å². The summed E-state index contributed by atoms with van der Waals surface area (Å²) in [6.07, 6.45) is 2.48. The van der Waals surface area contributed by atoms with Crippen LogP contribution in [0.2, 0.25) is 0 Å². The van der Waals surface area contributed by atoms with Crippen LogP contribution in [-0.4, -0.2) is 19.5 Å². The molecule has 56 valence electrons. The average molecular weight is 141 g/mol. The molecule has 1 rings (SSSR count). The van der Waals surface area contributed by atoms with E-state index < -0.39 is 0 Å². The van der Waals surface area contributed by atoms with Crippen LogP contribution in [0.25, 0.3) is 0 Å². The highest BCUT2D eigenvalue weighted by Gasteiger charge is 2.14. The second-order valence-electron chi connectivity index (χ2n) is 2.22. The number of nitrogens with zero attached hydrogens (tertiary/aromatic N) is 1. The first-order valence-electron chi connectivity index (χ1n) is 3.53. The van der Waals surface area contributed by atoms with E-state index in [1.165, 1.54) is 0 Å². The molecule has 1 atom stereocenters. The summed E-state index contributed by atoms with van der Waals surface area (Å²) in [6.45, 7) is 1.30. The lowest BCUT2D eigenvalue weighted by Crippen LogP contribution is -2.10. The number of rotatable bonds is 3. The summed E-state index contributed by atoms with van der Waals surface area (Å²) in [7, 11) is 0. The summed E-state index contributed by atoms with van der Waals surface area (Å²) >= 11 is 0. The topological polar surface area (TPSA) is 42.2 Å². The van der Waals surface area contributed by atoms with Crippen molar-refractivity contribution in [1.82, 2.24) is 0 Å². The molecule has 10 heavy (non-hydrogen) atoms. The van der Waals surface area contributed by atoms with Crippen molar-refractivity contribution >= 4 is 0 Å². The molecule has 0 N–H and O–H groups in total. The summed E-state index contributed by atoms with van der Waals surface area (Å²) in [5.41, 5.74) is 0. The Kier molecular flexibility index (Phi) is 3.20. The van der Waals surface area contributed by atoms with Crippen molar-refractivity contribution in [2.24, 2.45) is 0 Å². The first-order valence-corrected chi connectivity index (χ1v) is 3.53. The molecule has 0 bridgehead atoms. The monoisotopic (exact) mass is 141 g/mol. The SMILES string of the molecule is N#CCCOC1CCCO1. The van der Waals surface area contributed by atoms with Gasteiger partial charge in [0.25, 0.3) is 0 Å². The van der Waals surface area contributed by atoms with Crippen LogP contribution in [0.5, 0.6) is 0 Å². The van der Waals surface area contributed by atoms with E-state index in [4.69, 9.17) is 14.7 Å². The van der Waals surface area contributed by atoms with Gasteiger partial charge < -0.3 is 9.47 Å². The van der Waals surface area contributed by atoms with Gasteiger partial charge in [-0.3, -0.25) is 0 Å². The second kappa shape index (κ2) is 4.26. The molecule has 0 radical (unpaired) electrons. The lowest BCUT2D eigenvalue weighted by atomic mass is 10.4. The summed E-state index contributed by atoms with van der Waals surface area (Å²) < 4.78 is 10.4. The van der Waals surface area contributed by atoms with Gasteiger partial charge in [0, 0.05) is 13.0 Å². The number of hydrogen-bond donors (Lipinski definition) is 0. The molecule has 1 aliphatic rings. The van der Waals surface area contributed by atoms with Crippen molar-refractivity contribution in [2.75, 3.05) is 13.2 Å². The molecular formula is C7H11NO2. The Balaban J connectivity index is 1.97. The van der Waals surface area contributed by atoms with Crippen LogP contribution >= 0.6 is 0 Å². The van der Waals surface area contributed by atoms with Crippen LogP contribution in [-0.2, 0) is 9.47 Å². The first kappa shape index (κ1) is 7.52. The highest BCUT2D eigenvalue weighted by Crippen LogP contribution is 2.12. The molecule has 1 heterocycles. The maximum Gasteiger partial charge on any atom is 0.157 e. The van der Waals surface area contributed by atoms with Gasteiger partial charge in [-0.05, 0) is 6.42 Å². The standard InChI is InChI=1S/C7H11NO2/c8-4-2-6-10-7-3-1-5-9-7/h7H,1-3,5-6H2. The molecule has 0 amide bonds. The van der Waals surface area contributed by atoms with E-state index in [0.717, 1.165) is 19.4 Å². The van der Waals surface area contributed by atoms with Crippen LogP contribution < -0.4 is 0 Å². The molecule has 0 aliphatic carbocycles. The van der Waals surface area contributed by atoms with E-state index in [2.05, 4.69) is 0 Å². The number of nitriles is 1. The van der Waals surface area contributed by atoms with Gasteiger partial charge in [-0.2, -0.15) is 5.26 Å². The third-order valence-corrected chi connectivity index (χ3v) is 1.41. The van der Waals surface area contributed by atoms with Crippen molar-refractivity contribution in [3.8, 4) is 6.07 Å². The van der Waals surface area contributed by atoms with Gasteiger partial charge in [-0.25, -0.2) is 0 Å². The van der Waals surface area contributed by atoms with E-state index in [1.807, 2.05) is 6.07 Å². The van der Waals surface area contributed by atoms with Gasteiger partial charge in [-0.15, -0.1) is 0 Å². The molecule has 0 spiro atoms. The lowest BCUT2D eigenvalue weighted by molar-refractivity contribution is -0.109. The molecule has 0 aromatic carbocycles. The molecular weight excluding hydrogens is 130 g/mol. The van der Waals surface area contributed by atoms with E-state index in [1.54, 1.807) is 0 Å². The summed E-state index contributed by atoms with van der Waals surface area (Å²) in [6, 6.07) is 2.01. The summed E-state index contributed by atoms with van der Waals surface area (Å²) in [4.78, 5) is 0. The van der Waals surface area contributed by atoms with Crippen LogP contribution in [0, 0.1) is 11.3 Å². The first-order chi connectivity index (χ1) is 4.93. The fraction of sp³-hybridized carbons (Fsp3) is 0.857. The summed E-state index contributed by atoms with van der Waals surface area (Å²) in [5.74, 6) is 0. The Morgan fingerprint density at radius 3 is 3.20 bits per heavy atom. The predicted molar refractivity (Wildman–Crippen MR) is 35.2 cm³/mol. The van der Waals surface area contributed by atoms with Gasteiger partial charge in [0.1, 0.15) is 0 Å². The fourth-order valence-electron chi connectivity index (χ4n) is 0.916. The zero-order valence-corrected chi connectivity index (χ0v) is 5.88. The minimum atomic E-state index is -0.0339. The van der Waals surface area contributed by atoms with E-state index in [-0.39, 0.29) is 6.29 Å². The largest absolute Gasteiger partial charge is 0.353 e. The average Bonchev–Trinajstić information content (AvgIpc) is 2.41. The minimum Gasteiger partial charge on any atom is -0.353 e. The maximum atomic E-state index is 8.17. The Labute approximate surface area is 60.5 Å². The number of hydrogen-bond acceptors (Lipinski definition) is 3. The quantitative estimate of drug-likeness (QED) is 0.552. The van der Waals surface area contributed by atoms with Gasteiger partial charge in [0.2, 0.25) is 0 Å². The predicted octanol–water partition coefficient (Wildman–Crippen LogP) is 1.05. The molecule has 0 saturated carbocycles. The highest BCUT2D eigenvalue weighted by molar-refractivity contribution is 4.67. The van der Waals surface area contributed by atoms with Gasteiger partial charge in [-0.1, -0.05) is 0 Å². The van der Waals surface area contributed by atoms with Crippen molar-refractivity contribution in [2.45, 2.75) is 25.6 Å². The third-order valence-electron chi connectivity index (χ3n) is 1.41. The molecule has 0 aromatic heterocycles. The summed E-state index contributed by atoms with van der Waals surface area (Å²) in [5, 5.41) is 8.17. The molecule has 1 aliphatic heterocycles. The van der Waals surface area contributed by atoms with Gasteiger partial charge >= 0.3 is 0 Å². The zero-order chi connectivity index (χ0) is 7.23. The van der Waals surface area contributed by atoms with Crippen LogP contribution in [0.1, 0.15) is 19.3 Å². The van der Waals surface area contributed by atoms with Crippen LogP contribution in [0.3, 0.4) is 0 Å². The van der Waals surface area contributed by atoms with Crippen molar-refractivity contribution in [3.63, 3.8) is 0 Å². The molecule has 3 heteroatoms. The molecule has 1 fully saturated rings. The van der Waals surface area contributed by atoms with Crippen molar-refractivity contribution in [3.05, 3.63) is 0 Å². The van der Waals surface area contributed by atoms with Gasteiger partial charge in [0.05, 0.1) is 19.1 Å². The fourth-order valence-corrected chi connectivity index (χ4v) is 0.916. The molecule has 0 aromatic rings. The Hall–Kier alpha value is -0.590. The smallest absolute Gasteiger partial charge is 0.157 e. The lowest BCUT2D eigenvalue weighted by Gasteiger charge is -2.07. The molecule has 3 nitrogen and oxygen atoms in total. The van der Waals surface area contributed by atoms with Crippen molar-refractivity contribution in [1.29, 1.82) is 5.26 Å². The Morgan fingerprint density at radius 2 is 2.60 bits per heavy atom. The second-order valence-corrected chi connectivity index (χ2v) is 2.22. The molecule has 1 saturated heterocycles. The van der Waals surface area contributed by atoms with Crippen molar-refractivity contribution < 1.29 is 9.47 Å². The normalized spacial score (nSPS) is 24.5. The van der Waals surface area contributed by atoms with E-state index >= 15 is 0 Å². The molecule has 1 unspecified atom stereocenters. The van der Waals surface area contributed by atoms with Crippen LogP contribution in [0.15, 0.2) is 0 Å². The number of ether oxygens (including phenoxy) is 2. The third kappa shape index (κ3) is 2.34. The Morgan fingerprint density at radius 1 is 1.70 bits per heavy atom. The van der Waals surface area contributed by atoms with Crippen LogP contribution in [0.4, 0.5) is 0 Å². The minimum absolute atomic E-state index is 0.0339. The Bertz CT molecular complexity index is 124. The van der Waals surface area contributed by atoms with Gasteiger partial charge in [0.15, 0.2) is 6.29 Å². The maximum absolute atomic E-state index is 8.17. The highest BCUT2D eigenvalue weighted by atomic mass is 16.7.